The van der Waals surface area contributed by atoms with Gasteiger partial charge in [-0.3, -0.25) is 9.78 Å². The SMILES string of the molecule is CC(=O)N1CCN(c2ccc3cc(-c4cn5cc(C)nc(C)c5n4)c(=O)oc3c2)C[C@@H]1C. The Morgan fingerprint density at radius 2 is 1.94 bits per heavy atom. The first-order chi connectivity index (χ1) is 15.3. The van der Waals surface area contributed by atoms with E-state index in [1.54, 1.807) is 6.92 Å². The van der Waals surface area contributed by atoms with E-state index in [4.69, 9.17) is 4.42 Å². The molecule has 0 saturated carbocycles. The lowest BCUT2D eigenvalue weighted by Crippen LogP contribution is -2.53. The number of aromatic nitrogens is 3. The highest BCUT2D eigenvalue weighted by Gasteiger charge is 2.25. The normalized spacial score (nSPS) is 16.8. The van der Waals surface area contributed by atoms with Gasteiger partial charge in [-0.1, -0.05) is 0 Å². The van der Waals surface area contributed by atoms with Crippen LogP contribution in [0, 0.1) is 13.8 Å². The van der Waals surface area contributed by atoms with E-state index in [-0.39, 0.29) is 11.9 Å². The minimum absolute atomic E-state index is 0.0993. The highest BCUT2D eigenvalue weighted by Crippen LogP contribution is 2.27. The fraction of sp³-hybridized carbons (Fsp3) is 0.333. The van der Waals surface area contributed by atoms with Crippen LogP contribution in [0.1, 0.15) is 25.2 Å². The summed E-state index contributed by atoms with van der Waals surface area (Å²) < 4.78 is 7.59. The molecule has 4 heterocycles. The third-order valence-electron chi connectivity index (χ3n) is 6.12. The van der Waals surface area contributed by atoms with Gasteiger partial charge in [0.25, 0.3) is 0 Å². The lowest BCUT2D eigenvalue weighted by atomic mass is 10.1. The summed E-state index contributed by atoms with van der Waals surface area (Å²) in [5, 5.41) is 0.835. The Morgan fingerprint density at radius 1 is 1.12 bits per heavy atom. The number of carbonyl (C=O) groups excluding carboxylic acids is 1. The Labute approximate surface area is 185 Å². The lowest BCUT2D eigenvalue weighted by molar-refractivity contribution is -0.131. The number of amides is 1. The summed E-state index contributed by atoms with van der Waals surface area (Å²) >= 11 is 0. The van der Waals surface area contributed by atoms with Gasteiger partial charge in [-0.25, -0.2) is 9.78 Å². The van der Waals surface area contributed by atoms with E-state index < -0.39 is 5.63 Å². The van der Waals surface area contributed by atoms with Crippen molar-refractivity contribution < 1.29 is 9.21 Å². The maximum Gasteiger partial charge on any atom is 0.345 e. The number of aryl methyl sites for hydroxylation is 2. The molecular weight excluding hydrogens is 406 g/mol. The molecule has 5 rings (SSSR count). The lowest BCUT2D eigenvalue weighted by Gasteiger charge is -2.40. The molecule has 4 aromatic rings. The number of hydrogen-bond donors (Lipinski definition) is 0. The summed E-state index contributed by atoms with van der Waals surface area (Å²) in [5.41, 5.74) is 4.50. The van der Waals surface area contributed by atoms with E-state index in [1.165, 1.54) is 0 Å². The second-order valence-electron chi connectivity index (χ2n) is 8.50. The molecule has 1 aliphatic rings. The van der Waals surface area contributed by atoms with E-state index in [2.05, 4.69) is 21.8 Å². The van der Waals surface area contributed by atoms with Crippen molar-refractivity contribution in [2.24, 2.45) is 0 Å². The highest BCUT2D eigenvalue weighted by molar-refractivity contribution is 5.84. The number of rotatable bonds is 2. The number of piperazine rings is 1. The van der Waals surface area contributed by atoms with Crippen LogP contribution in [-0.4, -0.2) is 50.9 Å². The molecule has 8 nitrogen and oxygen atoms in total. The molecule has 1 aliphatic heterocycles. The summed E-state index contributed by atoms with van der Waals surface area (Å²) in [6.07, 6.45) is 3.72. The van der Waals surface area contributed by atoms with Gasteiger partial charge in [-0.2, -0.15) is 0 Å². The van der Waals surface area contributed by atoms with Crippen molar-refractivity contribution in [3.8, 4) is 11.3 Å². The van der Waals surface area contributed by atoms with Crippen molar-refractivity contribution in [2.75, 3.05) is 24.5 Å². The Balaban J connectivity index is 1.50. The summed E-state index contributed by atoms with van der Waals surface area (Å²) in [6.45, 7) is 9.65. The topological polar surface area (TPSA) is 84.0 Å². The molecule has 0 bridgehead atoms. The summed E-state index contributed by atoms with van der Waals surface area (Å²) in [7, 11) is 0. The van der Waals surface area contributed by atoms with Gasteiger partial charge in [-0.05, 0) is 39.0 Å². The van der Waals surface area contributed by atoms with E-state index in [0.29, 0.717) is 23.4 Å². The zero-order chi connectivity index (χ0) is 22.6. The van der Waals surface area contributed by atoms with E-state index in [0.717, 1.165) is 41.2 Å². The average molecular weight is 431 g/mol. The van der Waals surface area contributed by atoms with Crippen LogP contribution in [0.5, 0.6) is 0 Å². The third-order valence-corrected chi connectivity index (χ3v) is 6.12. The van der Waals surface area contributed by atoms with Crippen molar-refractivity contribution in [3.05, 3.63) is 58.5 Å². The van der Waals surface area contributed by atoms with Crippen molar-refractivity contribution >= 4 is 28.2 Å². The van der Waals surface area contributed by atoms with Crippen LogP contribution in [0.25, 0.3) is 27.9 Å². The van der Waals surface area contributed by atoms with Crippen molar-refractivity contribution in [3.63, 3.8) is 0 Å². The third kappa shape index (κ3) is 3.41. The molecular formula is C24H25N5O3. The zero-order valence-corrected chi connectivity index (χ0v) is 18.6. The Hall–Kier alpha value is -3.68. The molecule has 1 atom stereocenters. The molecule has 1 aromatic carbocycles. The van der Waals surface area contributed by atoms with Gasteiger partial charge in [-0.15, -0.1) is 0 Å². The molecule has 164 valence electrons. The van der Waals surface area contributed by atoms with E-state index in [9.17, 15) is 9.59 Å². The minimum Gasteiger partial charge on any atom is -0.422 e. The second-order valence-corrected chi connectivity index (χ2v) is 8.50. The molecule has 0 aliphatic carbocycles. The number of carbonyl (C=O) groups is 1. The predicted molar refractivity (Wildman–Crippen MR) is 123 cm³/mol. The fourth-order valence-electron chi connectivity index (χ4n) is 4.57. The predicted octanol–water partition coefficient (Wildman–Crippen LogP) is 3.18. The zero-order valence-electron chi connectivity index (χ0n) is 18.6. The summed E-state index contributed by atoms with van der Waals surface area (Å²) in [5.74, 6) is 0.0993. The van der Waals surface area contributed by atoms with Crippen LogP contribution in [-0.2, 0) is 4.79 Å². The number of nitrogens with zero attached hydrogens (tertiary/aromatic N) is 5. The minimum atomic E-state index is -0.421. The van der Waals surface area contributed by atoms with Crippen LogP contribution in [0.15, 0.2) is 45.9 Å². The standard InChI is InChI=1S/C24H25N5O3/c1-14-11-28-13-21(26-23(28)16(3)25-14)20-9-18-5-6-19(10-22(18)32-24(20)31)27-7-8-29(17(4)30)15(2)12-27/h5-6,9-11,13,15H,7-8,12H2,1-4H3/t15-/m0/s1. The molecule has 0 radical (unpaired) electrons. The molecule has 8 heteroatoms. The first kappa shape index (κ1) is 20.2. The van der Waals surface area contributed by atoms with E-state index in [1.807, 2.05) is 59.8 Å². The Bertz CT molecular complexity index is 1420. The maximum absolute atomic E-state index is 12.8. The van der Waals surface area contributed by atoms with Crippen molar-refractivity contribution in [1.29, 1.82) is 0 Å². The smallest absolute Gasteiger partial charge is 0.345 e. The molecule has 1 fully saturated rings. The highest BCUT2D eigenvalue weighted by atomic mass is 16.4. The summed E-state index contributed by atoms with van der Waals surface area (Å²) in [6, 6.07) is 7.86. The van der Waals surface area contributed by atoms with Gasteiger partial charge >= 0.3 is 5.63 Å². The quantitative estimate of drug-likeness (QED) is 0.453. The van der Waals surface area contributed by atoms with Crippen molar-refractivity contribution in [1.82, 2.24) is 19.3 Å². The van der Waals surface area contributed by atoms with Crippen LogP contribution in [0.2, 0.25) is 0 Å². The van der Waals surface area contributed by atoms with Crippen LogP contribution < -0.4 is 10.5 Å². The molecule has 1 amide bonds. The van der Waals surface area contributed by atoms with Crippen molar-refractivity contribution in [2.45, 2.75) is 33.7 Å². The molecule has 0 N–H and O–H groups in total. The number of imidazole rings is 1. The summed E-state index contributed by atoms with van der Waals surface area (Å²) in [4.78, 5) is 37.7. The van der Waals surface area contributed by atoms with Gasteiger partial charge in [0.15, 0.2) is 5.65 Å². The van der Waals surface area contributed by atoms with E-state index >= 15 is 0 Å². The molecule has 3 aromatic heterocycles. The molecule has 0 unspecified atom stereocenters. The van der Waals surface area contributed by atoms with Gasteiger partial charge in [0.05, 0.1) is 22.6 Å². The van der Waals surface area contributed by atoms with Gasteiger partial charge < -0.3 is 18.6 Å². The molecule has 32 heavy (non-hydrogen) atoms. The first-order valence-electron chi connectivity index (χ1n) is 10.7. The van der Waals surface area contributed by atoms with Crippen LogP contribution >= 0.6 is 0 Å². The first-order valence-corrected chi connectivity index (χ1v) is 10.7. The number of anilines is 1. The van der Waals surface area contributed by atoms with Gasteiger partial charge in [0, 0.05) is 62.1 Å². The second kappa shape index (κ2) is 7.47. The number of benzene rings is 1. The average Bonchev–Trinajstić information content (AvgIpc) is 3.16. The molecule has 0 spiro atoms. The Morgan fingerprint density at radius 3 is 2.69 bits per heavy atom. The number of hydrogen-bond acceptors (Lipinski definition) is 6. The number of fused-ring (bicyclic) bond motifs is 2. The van der Waals surface area contributed by atoms with Gasteiger partial charge in [0.1, 0.15) is 5.58 Å². The monoisotopic (exact) mass is 431 g/mol. The van der Waals surface area contributed by atoms with Gasteiger partial charge in [0.2, 0.25) is 5.91 Å². The molecule has 1 saturated heterocycles. The van der Waals surface area contributed by atoms with Crippen LogP contribution in [0.3, 0.4) is 0 Å². The maximum atomic E-state index is 12.8. The Kier molecular flexibility index (Phi) is 4.73. The van der Waals surface area contributed by atoms with Crippen LogP contribution in [0.4, 0.5) is 5.69 Å². The largest absolute Gasteiger partial charge is 0.422 e. The fourth-order valence-corrected chi connectivity index (χ4v) is 4.57.